The van der Waals surface area contributed by atoms with Gasteiger partial charge in [0.1, 0.15) is 5.75 Å². The molecule has 9 heteroatoms. The molecule has 2 fully saturated rings. The van der Waals surface area contributed by atoms with E-state index < -0.39 is 21.8 Å². The molecule has 0 spiro atoms. The number of carbonyl (C=O) groups excluding carboxylic acids is 2. The predicted octanol–water partition coefficient (Wildman–Crippen LogP) is 2.03. The lowest BCUT2D eigenvalue weighted by atomic mass is 10.0. The van der Waals surface area contributed by atoms with Gasteiger partial charge >= 0.3 is 11.8 Å². The Kier molecular flexibility index (Phi) is 6.71. The van der Waals surface area contributed by atoms with Crippen LogP contribution in [0.3, 0.4) is 0 Å². The van der Waals surface area contributed by atoms with Gasteiger partial charge in [0.25, 0.3) is 0 Å². The number of nitrogens with zero attached hydrogens (tertiary/aromatic N) is 3. The summed E-state index contributed by atoms with van der Waals surface area (Å²) in [5.41, 5.74) is 2.14. The molecular formula is C24H29N3O5S. The van der Waals surface area contributed by atoms with Gasteiger partial charge in [0, 0.05) is 38.8 Å². The number of carbonyl (C=O) groups is 2. The number of methoxy groups -OCH3 is 1. The monoisotopic (exact) mass is 471 g/mol. The molecular weight excluding hydrogens is 442 g/mol. The van der Waals surface area contributed by atoms with Gasteiger partial charge < -0.3 is 14.5 Å². The van der Waals surface area contributed by atoms with Gasteiger partial charge in [0.2, 0.25) is 10.0 Å². The quantitative estimate of drug-likeness (QED) is 0.602. The summed E-state index contributed by atoms with van der Waals surface area (Å²) < 4.78 is 32.5. The Hall–Kier alpha value is -2.91. The normalized spacial score (nSPS) is 18.6. The van der Waals surface area contributed by atoms with Crippen LogP contribution in [0.2, 0.25) is 0 Å². The van der Waals surface area contributed by atoms with Crippen LogP contribution in [-0.4, -0.2) is 73.7 Å². The molecule has 2 aliphatic heterocycles. The molecule has 0 unspecified atom stereocenters. The van der Waals surface area contributed by atoms with Gasteiger partial charge in [-0.05, 0) is 49.6 Å². The van der Waals surface area contributed by atoms with Crippen LogP contribution in [0.25, 0.3) is 0 Å². The Morgan fingerprint density at radius 3 is 2.12 bits per heavy atom. The number of piperidine rings is 1. The molecule has 0 bridgehead atoms. The van der Waals surface area contributed by atoms with Gasteiger partial charge in [-0.3, -0.25) is 9.59 Å². The second-order valence-corrected chi connectivity index (χ2v) is 10.5. The third kappa shape index (κ3) is 4.89. The van der Waals surface area contributed by atoms with Crippen molar-refractivity contribution in [1.29, 1.82) is 0 Å². The maximum absolute atomic E-state index is 13.0. The van der Waals surface area contributed by atoms with E-state index >= 15 is 0 Å². The summed E-state index contributed by atoms with van der Waals surface area (Å²) in [5, 5.41) is 0. The zero-order valence-electron chi connectivity index (χ0n) is 18.9. The average Bonchev–Trinajstić information content (AvgIpc) is 2.83. The molecule has 2 aromatic carbocycles. The zero-order valence-corrected chi connectivity index (χ0v) is 19.8. The molecule has 176 valence electrons. The minimum Gasteiger partial charge on any atom is -0.497 e. The first-order valence-corrected chi connectivity index (χ1v) is 12.5. The van der Waals surface area contributed by atoms with Crippen LogP contribution in [0, 0.1) is 6.92 Å². The van der Waals surface area contributed by atoms with Crippen molar-refractivity contribution in [3.63, 3.8) is 0 Å². The summed E-state index contributed by atoms with van der Waals surface area (Å²) in [6.07, 6.45) is 1.01. The number of hydrogen-bond donors (Lipinski definition) is 0. The average molecular weight is 472 g/mol. The highest BCUT2D eigenvalue weighted by atomic mass is 32.2. The van der Waals surface area contributed by atoms with Gasteiger partial charge in [-0.25, -0.2) is 8.42 Å². The molecule has 0 saturated carbocycles. The van der Waals surface area contributed by atoms with E-state index in [0.29, 0.717) is 51.3 Å². The summed E-state index contributed by atoms with van der Waals surface area (Å²) in [4.78, 5) is 29.0. The maximum atomic E-state index is 13.0. The third-order valence-corrected chi connectivity index (χ3v) is 8.31. The lowest BCUT2D eigenvalue weighted by molar-refractivity contribution is -0.158. The first-order chi connectivity index (χ1) is 15.8. The molecule has 2 amide bonds. The van der Waals surface area contributed by atoms with E-state index in [1.807, 2.05) is 31.2 Å². The summed E-state index contributed by atoms with van der Waals surface area (Å²) >= 11 is 0. The van der Waals surface area contributed by atoms with E-state index in [4.69, 9.17) is 4.74 Å². The molecule has 0 aromatic heterocycles. The Morgan fingerprint density at radius 2 is 1.52 bits per heavy atom. The highest BCUT2D eigenvalue weighted by Crippen LogP contribution is 2.26. The minimum atomic E-state index is -3.61. The van der Waals surface area contributed by atoms with Gasteiger partial charge in [0.05, 0.1) is 12.0 Å². The van der Waals surface area contributed by atoms with E-state index in [0.717, 1.165) is 11.1 Å². The Labute approximate surface area is 194 Å². The number of rotatable bonds is 6. The number of sulfonamides is 1. The van der Waals surface area contributed by atoms with Crippen molar-refractivity contribution in [3.05, 3.63) is 59.7 Å². The van der Waals surface area contributed by atoms with Crippen LogP contribution in [0.4, 0.5) is 0 Å². The second kappa shape index (κ2) is 9.52. The number of hydrogen-bond acceptors (Lipinski definition) is 5. The lowest BCUT2D eigenvalue weighted by Gasteiger charge is -2.41. The van der Waals surface area contributed by atoms with Crippen molar-refractivity contribution < 1.29 is 22.7 Å². The van der Waals surface area contributed by atoms with Crippen molar-refractivity contribution in [2.24, 2.45) is 0 Å². The first-order valence-electron chi connectivity index (χ1n) is 11.1. The minimum absolute atomic E-state index is 0.134. The van der Waals surface area contributed by atoms with Crippen LogP contribution in [0.15, 0.2) is 53.4 Å². The van der Waals surface area contributed by atoms with E-state index in [1.165, 1.54) is 23.5 Å². The fraction of sp³-hybridized carbons (Fsp3) is 0.417. The Bertz CT molecular complexity index is 1110. The van der Waals surface area contributed by atoms with Gasteiger partial charge in [-0.2, -0.15) is 4.31 Å². The molecule has 0 atom stereocenters. The lowest BCUT2D eigenvalue weighted by Crippen LogP contribution is -2.58. The van der Waals surface area contributed by atoms with Crippen LogP contribution in [0.1, 0.15) is 24.0 Å². The number of piperazine rings is 1. The second-order valence-electron chi connectivity index (χ2n) is 8.52. The van der Waals surface area contributed by atoms with Crippen LogP contribution >= 0.6 is 0 Å². The van der Waals surface area contributed by atoms with Gasteiger partial charge in [0.15, 0.2) is 0 Å². The Balaban J connectivity index is 1.35. The van der Waals surface area contributed by atoms with Crippen molar-refractivity contribution in [3.8, 4) is 5.75 Å². The van der Waals surface area contributed by atoms with Crippen LogP contribution in [-0.2, 0) is 26.2 Å². The number of benzene rings is 2. The van der Waals surface area contributed by atoms with Crippen molar-refractivity contribution in [2.75, 3.05) is 33.3 Å². The van der Waals surface area contributed by atoms with E-state index in [-0.39, 0.29) is 10.9 Å². The molecule has 0 aliphatic carbocycles. The van der Waals surface area contributed by atoms with Gasteiger partial charge in [-0.15, -0.1) is 0 Å². The third-order valence-electron chi connectivity index (χ3n) is 6.40. The molecule has 0 N–H and O–H groups in total. The van der Waals surface area contributed by atoms with Crippen molar-refractivity contribution in [2.45, 2.75) is 37.2 Å². The van der Waals surface area contributed by atoms with Crippen LogP contribution < -0.4 is 4.74 Å². The molecule has 0 radical (unpaired) electrons. The summed E-state index contributed by atoms with van der Waals surface area (Å²) in [5.74, 6) is -0.391. The largest absolute Gasteiger partial charge is 0.497 e. The van der Waals surface area contributed by atoms with Crippen molar-refractivity contribution in [1.82, 2.24) is 14.1 Å². The maximum Gasteiger partial charge on any atom is 0.312 e. The highest BCUT2D eigenvalue weighted by Gasteiger charge is 2.39. The molecule has 2 heterocycles. The molecule has 2 aromatic rings. The summed E-state index contributed by atoms with van der Waals surface area (Å²) in [6, 6.07) is 14.1. The van der Waals surface area contributed by atoms with Gasteiger partial charge in [-0.1, -0.05) is 29.8 Å². The SMILES string of the molecule is COc1ccc(S(=O)(=O)N2CCC(N3CCN(Cc4ccc(C)cc4)C(=O)C3=O)CC2)cc1. The molecule has 2 saturated heterocycles. The predicted molar refractivity (Wildman–Crippen MR) is 123 cm³/mol. The van der Waals surface area contributed by atoms with E-state index in [2.05, 4.69) is 0 Å². The smallest absolute Gasteiger partial charge is 0.312 e. The molecule has 8 nitrogen and oxygen atoms in total. The topological polar surface area (TPSA) is 87.2 Å². The summed E-state index contributed by atoms with van der Waals surface area (Å²) in [6.45, 7) is 3.98. The number of ether oxygens (including phenoxy) is 1. The molecule has 4 rings (SSSR count). The van der Waals surface area contributed by atoms with Crippen molar-refractivity contribution >= 4 is 21.8 Å². The van der Waals surface area contributed by atoms with E-state index in [1.54, 1.807) is 21.9 Å². The molecule has 2 aliphatic rings. The zero-order chi connectivity index (χ0) is 23.6. The molecule has 33 heavy (non-hydrogen) atoms. The fourth-order valence-corrected chi connectivity index (χ4v) is 5.86. The first kappa shape index (κ1) is 23.3. The number of amides is 2. The fourth-order valence-electron chi connectivity index (χ4n) is 4.39. The number of aryl methyl sites for hydroxylation is 1. The summed E-state index contributed by atoms with van der Waals surface area (Å²) in [7, 11) is -2.08. The standard InChI is InChI=1S/C24H29N3O5S/c1-18-3-5-19(6-4-18)17-25-15-16-27(24(29)23(25)28)20-11-13-26(14-12-20)33(30,31)22-9-7-21(32-2)8-10-22/h3-10,20H,11-17H2,1-2H3. The van der Waals surface area contributed by atoms with E-state index in [9.17, 15) is 18.0 Å². The Morgan fingerprint density at radius 1 is 0.879 bits per heavy atom. The highest BCUT2D eigenvalue weighted by molar-refractivity contribution is 7.89. The van der Waals surface area contributed by atoms with Crippen LogP contribution in [0.5, 0.6) is 5.75 Å².